The quantitative estimate of drug-likeness (QED) is 0.777. The molecular formula is C13H17FN2O3. The minimum absolute atomic E-state index is 0.0929. The maximum absolute atomic E-state index is 13.0. The van der Waals surface area contributed by atoms with Crippen molar-refractivity contribution in [3.05, 3.63) is 30.1 Å². The average Bonchev–Trinajstić information content (AvgIpc) is 2.36. The standard InChI is InChI=1S/C13H17FN2O3/c1-16(11-6-4-5-10(14)9-11)13(19)15-8-3-2-7-12(17)18/h4-6,9H,2-3,7-8H2,1H3,(H,15,19)(H,17,18). The highest BCUT2D eigenvalue weighted by atomic mass is 19.1. The topological polar surface area (TPSA) is 69.6 Å². The second-order valence-electron chi connectivity index (χ2n) is 4.12. The summed E-state index contributed by atoms with van der Waals surface area (Å²) >= 11 is 0. The van der Waals surface area contributed by atoms with E-state index in [4.69, 9.17) is 5.11 Å². The van der Waals surface area contributed by atoms with Crippen molar-refractivity contribution in [3.63, 3.8) is 0 Å². The Kier molecular flexibility index (Phi) is 5.78. The molecule has 0 radical (unpaired) electrons. The van der Waals surface area contributed by atoms with E-state index in [9.17, 15) is 14.0 Å². The zero-order valence-corrected chi connectivity index (χ0v) is 10.7. The Morgan fingerprint density at radius 3 is 2.74 bits per heavy atom. The zero-order chi connectivity index (χ0) is 14.3. The van der Waals surface area contributed by atoms with Crippen LogP contribution in [0.15, 0.2) is 24.3 Å². The minimum atomic E-state index is -0.844. The molecule has 1 aromatic rings. The van der Waals surface area contributed by atoms with Crippen LogP contribution >= 0.6 is 0 Å². The number of rotatable bonds is 6. The van der Waals surface area contributed by atoms with E-state index in [0.717, 1.165) is 0 Å². The molecule has 0 saturated carbocycles. The second kappa shape index (κ2) is 7.35. The van der Waals surface area contributed by atoms with Crippen molar-refractivity contribution in [3.8, 4) is 0 Å². The third-order valence-electron chi connectivity index (χ3n) is 2.59. The Bertz CT molecular complexity index is 451. The Morgan fingerprint density at radius 2 is 2.11 bits per heavy atom. The number of carbonyl (C=O) groups is 2. The fraction of sp³-hybridized carbons (Fsp3) is 0.385. The van der Waals surface area contributed by atoms with Gasteiger partial charge in [-0.15, -0.1) is 0 Å². The number of hydrogen-bond acceptors (Lipinski definition) is 2. The molecule has 1 rings (SSSR count). The fourth-order valence-electron chi connectivity index (χ4n) is 1.52. The van der Waals surface area contributed by atoms with Gasteiger partial charge in [0.05, 0.1) is 0 Å². The molecule has 5 nitrogen and oxygen atoms in total. The maximum atomic E-state index is 13.0. The third kappa shape index (κ3) is 5.37. The van der Waals surface area contributed by atoms with Gasteiger partial charge in [0.25, 0.3) is 0 Å². The van der Waals surface area contributed by atoms with E-state index in [-0.39, 0.29) is 12.5 Å². The van der Waals surface area contributed by atoms with Crippen LogP contribution in [0, 0.1) is 5.82 Å². The number of unbranched alkanes of at least 4 members (excludes halogenated alkanes) is 1. The number of benzene rings is 1. The zero-order valence-electron chi connectivity index (χ0n) is 10.7. The van der Waals surface area contributed by atoms with Gasteiger partial charge in [0.15, 0.2) is 0 Å². The Hall–Kier alpha value is -2.11. The molecule has 0 aliphatic heterocycles. The molecule has 0 atom stereocenters. The summed E-state index contributed by atoms with van der Waals surface area (Å²) in [4.78, 5) is 23.3. The van der Waals surface area contributed by atoms with Gasteiger partial charge in [-0.05, 0) is 31.0 Å². The molecule has 0 saturated heterocycles. The molecule has 0 aliphatic carbocycles. The SMILES string of the molecule is CN(C(=O)NCCCCC(=O)O)c1cccc(F)c1. The molecule has 0 unspecified atom stereocenters. The number of nitrogens with one attached hydrogen (secondary N) is 1. The van der Waals surface area contributed by atoms with Gasteiger partial charge in [-0.3, -0.25) is 9.69 Å². The summed E-state index contributed by atoms with van der Waals surface area (Å²) in [5.74, 6) is -1.25. The highest BCUT2D eigenvalue weighted by Crippen LogP contribution is 2.13. The number of aliphatic carboxylic acids is 1. The number of amides is 2. The number of hydrogen-bond donors (Lipinski definition) is 2. The van der Waals surface area contributed by atoms with Gasteiger partial charge >= 0.3 is 12.0 Å². The summed E-state index contributed by atoms with van der Waals surface area (Å²) in [6.45, 7) is 0.395. The van der Waals surface area contributed by atoms with Crippen molar-refractivity contribution >= 4 is 17.7 Å². The normalized spacial score (nSPS) is 10.0. The van der Waals surface area contributed by atoms with Gasteiger partial charge in [-0.1, -0.05) is 6.07 Å². The monoisotopic (exact) mass is 268 g/mol. The summed E-state index contributed by atoms with van der Waals surface area (Å²) < 4.78 is 13.0. The first kappa shape index (κ1) is 14.9. The highest BCUT2D eigenvalue weighted by Gasteiger charge is 2.10. The molecule has 0 bridgehead atoms. The van der Waals surface area contributed by atoms with Crippen LogP contribution in [0.3, 0.4) is 0 Å². The number of halogens is 1. The van der Waals surface area contributed by atoms with Crippen molar-refractivity contribution in [2.24, 2.45) is 0 Å². The first-order chi connectivity index (χ1) is 9.00. The molecule has 104 valence electrons. The molecule has 0 fully saturated rings. The number of anilines is 1. The summed E-state index contributed by atoms with van der Waals surface area (Å²) in [7, 11) is 1.54. The van der Waals surface area contributed by atoms with Crippen LogP contribution in [0.1, 0.15) is 19.3 Å². The number of carboxylic acid groups (broad SMARTS) is 1. The lowest BCUT2D eigenvalue weighted by atomic mass is 10.2. The van der Waals surface area contributed by atoms with E-state index in [1.165, 1.54) is 23.1 Å². The predicted molar refractivity (Wildman–Crippen MR) is 69.7 cm³/mol. The summed E-state index contributed by atoms with van der Waals surface area (Å²) in [5.41, 5.74) is 0.461. The largest absolute Gasteiger partial charge is 0.481 e. The second-order valence-corrected chi connectivity index (χ2v) is 4.12. The highest BCUT2D eigenvalue weighted by molar-refractivity contribution is 5.91. The predicted octanol–water partition coefficient (Wildman–Crippen LogP) is 2.23. The Balaban J connectivity index is 2.35. The van der Waals surface area contributed by atoms with E-state index in [1.54, 1.807) is 13.1 Å². The number of carbonyl (C=O) groups excluding carboxylic acids is 1. The fourth-order valence-corrected chi connectivity index (χ4v) is 1.52. The Labute approximate surface area is 111 Å². The molecule has 2 N–H and O–H groups in total. The number of carboxylic acids is 1. The van der Waals surface area contributed by atoms with Crippen molar-refractivity contribution in [2.45, 2.75) is 19.3 Å². The summed E-state index contributed by atoms with van der Waals surface area (Å²) in [6.07, 6.45) is 1.20. The molecule has 0 spiro atoms. The van der Waals surface area contributed by atoms with E-state index in [0.29, 0.717) is 25.1 Å². The van der Waals surface area contributed by atoms with Crippen molar-refractivity contribution in [2.75, 3.05) is 18.5 Å². The lowest BCUT2D eigenvalue weighted by Crippen LogP contribution is -2.37. The smallest absolute Gasteiger partial charge is 0.321 e. The van der Waals surface area contributed by atoms with E-state index < -0.39 is 11.8 Å². The molecule has 0 aliphatic rings. The van der Waals surface area contributed by atoms with Crippen molar-refractivity contribution in [1.29, 1.82) is 0 Å². The summed E-state index contributed by atoms with van der Waals surface area (Å²) in [5, 5.41) is 11.1. The van der Waals surface area contributed by atoms with Gasteiger partial charge in [-0.2, -0.15) is 0 Å². The lowest BCUT2D eigenvalue weighted by molar-refractivity contribution is -0.137. The van der Waals surface area contributed by atoms with Crippen molar-refractivity contribution < 1.29 is 19.1 Å². The van der Waals surface area contributed by atoms with Gasteiger partial charge in [0.1, 0.15) is 5.82 Å². The molecular weight excluding hydrogens is 251 g/mol. The molecule has 2 amide bonds. The van der Waals surface area contributed by atoms with Crippen molar-refractivity contribution in [1.82, 2.24) is 5.32 Å². The maximum Gasteiger partial charge on any atom is 0.321 e. The van der Waals surface area contributed by atoms with Crippen LogP contribution in [-0.4, -0.2) is 30.7 Å². The first-order valence-corrected chi connectivity index (χ1v) is 5.99. The van der Waals surface area contributed by atoms with Gasteiger partial charge in [0, 0.05) is 25.7 Å². The van der Waals surface area contributed by atoms with E-state index in [2.05, 4.69) is 5.32 Å². The van der Waals surface area contributed by atoms with Crippen LogP contribution < -0.4 is 10.2 Å². The molecule has 1 aromatic carbocycles. The van der Waals surface area contributed by atoms with Crippen LogP contribution in [0.4, 0.5) is 14.9 Å². The average molecular weight is 268 g/mol. The minimum Gasteiger partial charge on any atom is -0.481 e. The van der Waals surface area contributed by atoms with E-state index in [1.807, 2.05) is 0 Å². The van der Waals surface area contributed by atoms with Crippen LogP contribution in [0.2, 0.25) is 0 Å². The Morgan fingerprint density at radius 1 is 1.37 bits per heavy atom. The summed E-state index contributed by atoms with van der Waals surface area (Å²) in [6, 6.07) is 5.39. The number of urea groups is 1. The van der Waals surface area contributed by atoms with Gasteiger partial charge < -0.3 is 10.4 Å². The molecule has 6 heteroatoms. The van der Waals surface area contributed by atoms with Crippen LogP contribution in [-0.2, 0) is 4.79 Å². The molecule has 19 heavy (non-hydrogen) atoms. The molecule has 0 aromatic heterocycles. The molecule has 0 heterocycles. The van der Waals surface area contributed by atoms with E-state index >= 15 is 0 Å². The number of nitrogens with zero attached hydrogens (tertiary/aromatic N) is 1. The van der Waals surface area contributed by atoms with Crippen LogP contribution in [0.5, 0.6) is 0 Å². The lowest BCUT2D eigenvalue weighted by Gasteiger charge is -2.18. The van der Waals surface area contributed by atoms with Crippen LogP contribution in [0.25, 0.3) is 0 Å². The van der Waals surface area contributed by atoms with Gasteiger partial charge in [-0.25, -0.2) is 9.18 Å². The van der Waals surface area contributed by atoms with Gasteiger partial charge in [0.2, 0.25) is 0 Å². The first-order valence-electron chi connectivity index (χ1n) is 5.99. The third-order valence-corrected chi connectivity index (χ3v) is 2.59.